The summed E-state index contributed by atoms with van der Waals surface area (Å²) in [4.78, 5) is 30.0. The molecule has 0 spiro atoms. The molecule has 2 aromatic rings. The first-order valence-electron chi connectivity index (χ1n) is 9.25. The number of nitrogens with one attached hydrogen (secondary N) is 1. The van der Waals surface area contributed by atoms with Crippen LogP contribution < -0.4 is 10.2 Å². The molecule has 0 saturated heterocycles. The lowest BCUT2D eigenvalue weighted by molar-refractivity contribution is -0.117. The number of carbonyl (C=O) groups excluding carboxylic acids is 2. The molecule has 0 fully saturated rings. The number of anilines is 3. The third-order valence-electron chi connectivity index (χ3n) is 5.39. The van der Waals surface area contributed by atoms with E-state index in [1.54, 1.807) is 11.0 Å². The maximum Gasteiger partial charge on any atom is 0.257 e. The maximum absolute atomic E-state index is 13.4. The lowest BCUT2D eigenvalue weighted by atomic mass is 9.98. The first-order valence-corrected chi connectivity index (χ1v) is 9.25. The number of fused-ring (bicyclic) bond motifs is 2. The molecule has 2 aliphatic heterocycles. The van der Waals surface area contributed by atoms with Crippen LogP contribution in [0.5, 0.6) is 0 Å². The fraction of sp³-hybridized carbons (Fsp3) is 0.273. The average molecular weight is 361 g/mol. The van der Waals surface area contributed by atoms with Crippen LogP contribution in [0.15, 0.2) is 60.2 Å². The standard InChI is InChI=1S/C22H23N3O2/c1-15-13-16(11-12-24(15)2)14-21(26)25-19-9-5-3-7-17(19)22(27)23-18-8-4-6-10-20(18)25/h3-11,15H,12-14H2,1-2H3,(H,23,27). The number of nitrogens with zero attached hydrogens (tertiary/aromatic N) is 2. The Bertz CT molecular complexity index is 935. The van der Waals surface area contributed by atoms with Gasteiger partial charge < -0.3 is 5.32 Å². The van der Waals surface area contributed by atoms with Gasteiger partial charge in [0, 0.05) is 19.0 Å². The van der Waals surface area contributed by atoms with Gasteiger partial charge in [-0.1, -0.05) is 35.9 Å². The van der Waals surface area contributed by atoms with Crippen LogP contribution in [-0.2, 0) is 4.79 Å². The fourth-order valence-electron chi connectivity index (χ4n) is 3.71. The van der Waals surface area contributed by atoms with Gasteiger partial charge >= 0.3 is 0 Å². The van der Waals surface area contributed by atoms with Crippen molar-refractivity contribution in [1.82, 2.24) is 4.90 Å². The minimum atomic E-state index is -0.194. The second-order valence-corrected chi connectivity index (χ2v) is 7.25. The quantitative estimate of drug-likeness (QED) is 0.824. The molecule has 1 atom stereocenters. The van der Waals surface area contributed by atoms with Gasteiger partial charge in [0.1, 0.15) is 0 Å². The van der Waals surface area contributed by atoms with Gasteiger partial charge in [-0.25, -0.2) is 0 Å². The monoisotopic (exact) mass is 361 g/mol. The van der Waals surface area contributed by atoms with E-state index in [2.05, 4.69) is 30.3 Å². The van der Waals surface area contributed by atoms with Crippen LogP contribution >= 0.6 is 0 Å². The number of hydrogen-bond donors (Lipinski definition) is 1. The van der Waals surface area contributed by atoms with Crippen molar-refractivity contribution in [3.05, 3.63) is 65.7 Å². The third kappa shape index (κ3) is 3.26. The summed E-state index contributed by atoms with van der Waals surface area (Å²) in [5.74, 6) is -0.213. The summed E-state index contributed by atoms with van der Waals surface area (Å²) in [6, 6.07) is 15.1. The zero-order valence-electron chi connectivity index (χ0n) is 15.6. The summed E-state index contributed by atoms with van der Waals surface area (Å²) in [5, 5.41) is 2.93. The van der Waals surface area contributed by atoms with Crippen molar-refractivity contribution in [3.8, 4) is 0 Å². The Labute approximate surface area is 159 Å². The molecule has 5 nitrogen and oxygen atoms in total. The molecule has 4 rings (SSSR count). The van der Waals surface area contributed by atoms with Crippen molar-refractivity contribution in [2.45, 2.75) is 25.8 Å². The van der Waals surface area contributed by atoms with E-state index >= 15 is 0 Å². The van der Waals surface area contributed by atoms with Gasteiger partial charge in [-0.05, 0) is 44.7 Å². The molecule has 138 valence electrons. The summed E-state index contributed by atoms with van der Waals surface area (Å²) in [5.41, 5.74) is 3.66. The van der Waals surface area contributed by atoms with E-state index < -0.39 is 0 Å². The Morgan fingerprint density at radius 2 is 1.81 bits per heavy atom. The van der Waals surface area contributed by atoms with Crippen LogP contribution in [0, 0.1) is 0 Å². The molecule has 2 aromatic carbocycles. The fourth-order valence-corrected chi connectivity index (χ4v) is 3.71. The van der Waals surface area contributed by atoms with E-state index in [9.17, 15) is 9.59 Å². The molecular formula is C22H23N3O2. The molecule has 1 N–H and O–H groups in total. The predicted octanol–water partition coefficient (Wildman–Crippen LogP) is 3.96. The van der Waals surface area contributed by atoms with Gasteiger partial charge in [0.25, 0.3) is 5.91 Å². The van der Waals surface area contributed by atoms with Gasteiger partial charge in [-0.3, -0.25) is 19.4 Å². The predicted molar refractivity (Wildman–Crippen MR) is 107 cm³/mol. The topological polar surface area (TPSA) is 52.7 Å². The molecule has 2 heterocycles. The Morgan fingerprint density at radius 1 is 1.11 bits per heavy atom. The summed E-state index contributed by atoms with van der Waals surface area (Å²) in [6.45, 7) is 3.04. The average Bonchev–Trinajstić information content (AvgIpc) is 2.79. The lowest BCUT2D eigenvalue weighted by Gasteiger charge is -2.30. The summed E-state index contributed by atoms with van der Waals surface area (Å²) in [7, 11) is 2.10. The van der Waals surface area contributed by atoms with Crippen molar-refractivity contribution < 1.29 is 9.59 Å². The van der Waals surface area contributed by atoms with E-state index in [1.807, 2.05) is 42.5 Å². The highest BCUT2D eigenvalue weighted by atomic mass is 16.2. The smallest absolute Gasteiger partial charge is 0.257 e. The highest BCUT2D eigenvalue weighted by Crippen LogP contribution is 2.38. The Balaban J connectivity index is 1.74. The Morgan fingerprint density at radius 3 is 2.59 bits per heavy atom. The highest BCUT2D eigenvalue weighted by Gasteiger charge is 2.30. The minimum Gasteiger partial charge on any atom is -0.320 e. The highest BCUT2D eigenvalue weighted by molar-refractivity contribution is 6.17. The molecular weight excluding hydrogens is 338 g/mol. The molecule has 0 aliphatic carbocycles. The van der Waals surface area contributed by atoms with Crippen molar-refractivity contribution in [2.24, 2.45) is 0 Å². The Hall–Kier alpha value is -2.92. The molecule has 0 radical (unpaired) electrons. The van der Waals surface area contributed by atoms with Gasteiger partial charge in [-0.15, -0.1) is 0 Å². The van der Waals surface area contributed by atoms with Crippen LogP contribution in [0.3, 0.4) is 0 Å². The van der Waals surface area contributed by atoms with E-state index in [4.69, 9.17) is 0 Å². The van der Waals surface area contributed by atoms with E-state index in [0.717, 1.165) is 18.5 Å². The number of amides is 2. The molecule has 0 bridgehead atoms. The molecule has 2 amide bonds. The van der Waals surface area contributed by atoms with Gasteiger partial charge in [0.15, 0.2) is 0 Å². The van der Waals surface area contributed by atoms with Crippen LogP contribution in [0.25, 0.3) is 0 Å². The second-order valence-electron chi connectivity index (χ2n) is 7.25. The summed E-state index contributed by atoms with van der Waals surface area (Å²) in [6.07, 6.45) is 3.39. The first kappa shape index (κ1) is 17.5. The van der Waals surface area contributed by atoms with Gasteiger partial charge in [-0.2, -0.15) is 0 Å². The number of benzene rings is 2. The lowest BCUT2D eigenvalue weighted by Crippen LogP contribution is -2.34. The van der Waals surface area contributed by atoms with Crippen LogP contribution in [0.4, 0.5) is 17.1 Å². The second kappa shape index (κ2) is 7.00. The third-order valence-corrected chi connectivity index (χ3v) is 5.39. The van der Waals surface area contributed by atoms with Gasteiger partial charge in [0.2, 0.25) is 5.91 Å². The number of carbonyl (C=O) groups is 2. The molecule has 5 heteroatoms. The first-order chi connectivity index (χ1) is 13.0. The zero-order chi connectivity index (χ0) is 19.0. The summed E-state index contributed by atoms with van der Waals surface area (Å²) < 4.78 is 0. The SMILES string of the molecule is CC1CC(CC(=O)N2c3ccccc3NC(=O)c3ccccc32)=CCN1C. The van der Waals surface area contributed by atoms with Crippen molar-refractivity contribution in [1.29, 1.82) is 0 Å². The molecule has 0 aromatic heterocycles. The minimum absolute atomic E-state index is 0.0191. The normalized spacial score (nSPS) is 19.5. The largest absolute Gasteiger partial charge is 0.320 e. The summed E-state index contributed by atoms with van der Waals surface area (Å²) >= 11 is 0. The number of rotatable bonds is 2. The van der Waals surface area contributed by atoms with Crippen molar-refractivity contribution in [3.63, 3.8) is 0 Å². The van der Waals surface area contributed by atoms with E-state index in [1.165, 1.54) is 0 Å². The number of likely N-dealkylation sites (N-methyl/N-ethyl adjacent to an activating group) is 1. The van der Waals surface area contributed by atoms with Crippen molar-refractivity contribution >= 4 is 28.9 Å². The molecule has 0 saturated carbocycles. The molecule has 2 aliphatic rings. The van der Waals surface area contributed by atoms with Gasteiger partial charge in [0.05, 0.1) is 22.6 Å². The van der Waals surface area contributed by atoms with Crippen LogP contribution in [-0.4, -0.2) is 36.3 Å². The molecule has 27 heavy (non-hydrogen) atoms. The van der Waals surface area contributed by atoms with Crippen molar-refractivity contribution in [2.75, 3.05) is 23.8 Å². The Kier molecular flexibility index (Phi) is 4.54. The number of para-hydroxylation sites is 3. The van der Waals surface area contributed by atoms with E-state index in [-0.39, 0.29) is 11.8 Å². The molecule has 1 unspecified atom stereocenters. The number of hydrogen-bond acceptors (Lipinski definition) is 3. The van der Waals surface area contributed by atoms with Crippen LogP contribution in [0.2, 0.25) is 0 Å². The van der Waals surface area contributed by atoms with Crippen LogP contribution in [0.1, 0.15) is 30.1 Å². The maximum atomic E-state index is 13.4. The van der Waals surface area contributed by atoms with E-state index in [0.29, 0.717) is 35.1 Å². The zero-order valence-corrected chi connectivity index (χ0v) is 15.6.